The average molecular weight is 292 g/mol. The summed E-state index contributed by atoms with van der Waals surface area (Å²) in [5, 5.41) is 9.06. The van der Waals surface area contributed by atoms with E-state index in [0.29, 0.717) is 23.5 Å². The normalized spacial score (nSPS) is 10.6. The molecule has 0 heterocycles. The third kappa shape index (κ3) is 6.65. The van der Waals surface area contributed by atoms with Crippen molar-refractivity contribution in [2.45, 2.75) is 65.2 Å². The maximum Gasteiger partial charge on any atom is 0.336 e. The summed E-state index contributed by atoms with van der Waals surface area (Å²) in [5.41, 5.74) is 1.04. The first kappa shape index (κ1) is 17.5. The second-order valence-corrected chi connectivity index (χ2v) is 5.56. The van der Waals surface area contributed by atoms with Gasteiger partial charge in [0.25, 0.3) is 0 Å². The van der Waals surface area contributed by atoms with Crippen molar-refractivity contribution in [2.75, 3.05) is 6.61 Å². The number of carboxylic acid groups (broad SMARTS) is 1. The van der Waals surface area contributed by atoms with E-state index in [1.807, 2.05) is 6.07 Å². The summed E-state index contributed by atoms with van der Waals surface area (Å²) in [4.78, 5) is 11.0. The summed E-state index contributed by atoms with van der Waals surface area (Å²) < 4.78 is 5.71. The predicted octanol–water partition coefficient (Wildman–Crippen LogP) is 5.21. The summed E-state index contributed by atoms with van der Waals surface area (Å²) in [5.74, 6) is -0.206. The van der Waals surface area contributed by atoms with Gasteiger partial charge in [-0.05, 0) is 25.5 Å². The predicted molar refractivity (Wildman–Crippen MR) is 86.2 cm³/mol. The molecule has 0 aliphatic rings. The lowest BCUT2D eigenvalue weighted by atomic mass is 10.1. The molecular formula is C18H28O3. The molecule has 0 bridgehead atoms. The molecule has 1 N–H and O–H groups in total. The van der Waals surface area contributed by atoms with Crippen LogP contribution < -0.4 is 4.74 Å². The molecule has 1 aromatic carbocycles. The van der Waals surface area contributed by atoms with Crippen molar-refractivity contribution < 1.29 is 14.6 Å². The zero-order valence-electron chi connectivity index (χ0n) is 13.4. The van der Waals surface area contributed by atoms with Gasteiger partial charge in [-0.15, -0.1) is 0 Å². The molecule has 0 aromatic heterocycles. The second-order valence-electron chi connectivity index (χ2n) is 5.56. The van der Waals surface area contributed by atoms with Crippen LogP contribution in [0, 0.1) is 6.92 Å². The van der Waals surface area contributed by atoms with Crippen molar-refractivity contribution >= 4 is 5.97 Å². The molecule has 0 radical (unpaired) electrons. The molecule has 1 aromatic rings. The molecule has 0 aliphatic carbocycles. The average Bonchev–Trinajstić information content (AvgIpc) is 2.46. The number of unbranched alkanes of at least 4 members (excludes halogenated alkanes) is 7. The molecular weight excluding hydrogens is 264 g/mol. The van der Waals surface area contributed by atoms with Crippen LogP contribution in [-0.2, 0) is 0 Å². The third-order valence-electron chi connectivity index (χ3n) is 3.77. The van der Waals surface area contributed by atoms with Crippen LogP contribution in [0.3, 0.4) is 0 Å². The number of aromatic carboxylic acids is 1. The van der Waals surface area contributed by atoms with Crippen molar-refractivity contribution in [1.29, 1.82) is 0 Å². The summed E-state index contributed by atoms with van der Waals surface area (Å²) in [7, 11) is 0. The van der Waals surface area contributed by atoms with E-state index in [2.05, 4.69) is 6.92 Å². The summed E-state index contributed by atoms with van der Waals surface area (Å²) in [6.07, 6.45) is 10.1. The van der Waals surface area contributed by atoms with E-state index < -0.39 is 5.97 Å². The fraction of sp³-hybridized carbons (Fsp3) is 0.611. The maximum absolute atomic E-state index is 11.0. The minimum atomic E-state index is -0.898. The van der Waals surface area contributed by atoms with E-state index in [1.54, 1.807) is 19.1 Å². The molecule has 1 rings (SSSR count). The van der Waals surface area contributed by atoms with Gasteiger partial charge in [0.1, 0.15) is 5.75 Å². The smallest absolute Gasteiger partial charge is 0.336 e. The Morgan fingerprint density at radius 1 is 1.05 bits per heavy atom. The molecule has 118 valence electrons. The molecule has 0 aliphatic heterocycles. The molecule has 0 saturated carbocycles. The van der Waals surface area contributed by atoms with E-state index >= 15 is 0 Å². The fourth-order valence-corrected chi connectivity index (χ4v) is 2.42. The highest BCUT2D eigenvalue weighted by Gasteiger charge is 2.10. The number of hydrogen-bond acceptors (Lipinski definition) is 2. The Balaban J connectivity index is 2.19. The van der Waals surface area contributed by atoms with Gasteiger partial charge in [0.05, 0.1) is 12.2 Å². The van der Waals surface area contributed by atoms with Crippen LogP contribution in [0.15, 0.2) is 18.2 Å². The fourth-order valence-electron chi connectivity index (χ4n) is 2.42. The van der Waals surface area contributed by atoms with Gasteiger partial charge in [0.2, 0.25) is 0 Å². The number of rotatable bonds is 11. The Labute approximate surface area is 128 Å². The van der Waals surface area contributed by atoms with Gasteiger partial charge in [-0.3, -0.25) is 0 Å². The lowest BCUT2D eigenvalue weighted by Crippen LogP contribution is -2.04. The van der Waals surface area contributed by atoms with Crippen LogP contribution in [0.4, 0.5) is 0 Å². The summed E-state index contributed by atoms with van der Waals surface area (Å²) in [6.45, 7) is 4.70. The largest absolute Gasteiger partial charge is 0.493 e. The highest BCUT2D eigenvalue weighted by Crippen LogP contribution is 2.21. The number of ether oxygens (including phenoxy) is 1. The number of benzene rings is 1. The van der Waals surface area contributed by atoms with Crippen LogP contribution in [0.1, 0.15) is 74.2 Å². The standard InChI is InChI=1S/C18H28O3/c1-3-4-5-6-7-8-9-10-14-21-17-13-11-12-16(15(17)2)18(19)20/h11-13H,3-10,14H2,1-2H3,(H,19,20). The molecule has 0 spiro atoms. The van der Waals surface area contributed by atoms with E-state index in [4.69, 9.17) is 9.84 Å². The van der Waals surface area contributed by atoms with Crippen LogP contribution in [0.5, 0.6) is 5.75 Å². The highest BCUT2D eigenvalue weighted by atomic mass is 16.5. The van der Waals surface area contributed by atoms with Gasteiger partial charge in [-0.25, -0.2) is 4.79 Å². The quantitative estimate of drug-likeness (QED) is 0.569. The monoisotopic (exact) mass is 292 g/mol. The van der Waals surface area contributed by atoms with Gasteiger partial charge in [0.15, 0.2) is 0 Å². The minimum absolute atomic E-state index is 0.323. The maximum atomic E-state index is 11.0. The lowest BCUT2D eigenvalue weighted by Gasteiger charge is -2.10. The van der Waals surface area contributed by atoms with Gasteiger partial charge >= 0.3 is 5.97 Å². The number of carboxylic acids is 1. The minimum Gasteiger partial charge on any atom is -0.493 e. The molecule has 0 amide bonds. The number of carbonyl (C=O) groups is 1. The first-order valence-corrected chi connectivity index (χ1v) is 8.12. The van der Waals surface area contributed by atoms with E-state index in [0.717, 1.165) is 6.42 Å². The zero-order valence-corrected chi connectivity index (χ0v) is 13.4. The van der Waals surface area contributed by atoms with E-state index in [1.165, 1.54) is 44.9 Å². The summed E-state index contributed by atoms with van der Waals surface area (Å²) in [6, 6.07) is 5.19. The van der Waals surface area contributed by atoms with Crippen LogP contribution in [0.25, 0.3) is 0 Å². The van der Waals surface area contributed by atoms with Crippen molar-refractivity contribution in [3.05, 3.63) is 29.3 Å². The first-order chi connectivity index (χ1) is 10.2. The molecule has 0 saturated heterocycles. The topological polar surface area (TPSA) is 46.5 Å². The second kappa shape index (κ2) is 10.3. The van der Waals surface area contributed by atoms with Crippen molar-refractivity contribution in [1.82, 2.24) is 0 Å². The molecule has 3 heteroatoms. The lowest BCUT2D eigenvalue weighted by molar-refractivity contribution is 0.0695. The molecule has 21 heavy (non-hydrogen) atoms. The Kier molecular flexibility index (Phi) is 8.56. The molecule has 0 unspecified atom stereocenters. The Hall–Kier alpha value is -1.51. The van der Waals surface area contributed by atoms with E-state index in [-0.39, 0.29) is 0 Å². The van der Waals surface area contributed by atoms with Gasteiger partial charge < -0.3 is 9.84 Å². The van der Waals surface area contributed by atoms with Crippen LogP contribution in [0.2, 0.25) is 0 Å². The summed E-state index contributed by atoms with van der Waals surface area (Å²) >= 11 is 0. The van der Waals surface area contributed by atoms with Gasteiger partial charge in [-0.1, -0.05) is 57.9 Å². The molecule has 0 fully saturated rings. The number of hydrogen-bond donors (Lipinski definition) is 1. The molecule has 3 nitrogen and oxygen atoms in total. The van der Waals surface area contributed by atoms with Crippen molar-refractivity contribution in [2.24, 2.45) is 0 Å². The SMILES string of the molecule is CCCCCCCCCCOc1cccc(C(=O)O)c1C. The van der Waals surface area contributed by atoms with Gasteiger partial charge in [-0.2, -0.15) is 0 Å². The van der Waals surface area contributed by atoms with Crippen molar-refractivity contribution in [3.63, 3.8) is 0 Å². The first-order valence-electron chi connectivity index (χ1n) is 8.12. The van der Waals surface area contributed by atoms with E-state index in [9.17, 15) is 4.79 Å². The van der Waals surface area contributed by atoms with Gasteiger partial charge in [0, 0.05) is 5.56 Å². The van der Waals surface area contributed by atoms with Crippen molar-refractivity contribution in [3.8, 4) is 5.75 Å². The van der Waals surface area contributed by atoms with Crippen LogP contribution in [-0.4, -0.2) is 17.7 Å². The Bertz CT molecular complexity index is 426. The van der Waals surface area contributed by atoms with Crippen LogP contribution >= 0.6 is 0 Å². The Morgan fingerprint density at radius 3 is 2.29 bits per heavy atom. The third-order valence-corrected chi connectivity index (χ3v) is 3.77. The zero-order chi connectivity index (χ0) is 15.5. The molecule has 0 atom stereocenters. The Morgan fingerprint density at radius 2 is 1.67 bits per heavy atom. The highest BCUT2D eigenvalue weighted by molar-refractivity contribution is 5.90.